The highest BCUT2D eigenvalue weighted by Gasteiger charge is 2.39. The third-order valence-electron chi connectivity index (χ3n) is 4.82. The highest BCUT2D eigenvalue weighted by molar-refractivity contribution is 9.10. The van der Waals surface area contributed by atoms with Crippen LogP contribution in [-0.2, 0) is 0 Å². The van der Waals surface area contributed by atoms with Crippen molar-refractivity contribution in [2.45, 2.75) is 52.5 Å². The summed E-state index contributed by atoms with van der Waals surface area (Å²) in [6.45, 7) is 7.50. The smallest absolute Gasteiger partial charge is 0.147 e. The fourth-order valence-electron chi connectivity index (χ4n) is 3.61. The second-order valence-electron chi connectivity index (χ2n) is 6.64. The van der Waals surface area contributed by atoms with E-state index in [0.717, 1.165) is 13.0 Å². The molecule has 4 heteroatoms. The second kappa shape index (κ2) is 6.97. The molecule has 2 atom stereocenters. The van der Waals surface area contributed by atoms with E-state index in [9.17, 15) is 4.39 Å². The fraction of sp³-hybridized carbons (Fsp3) is 0.647. The summed E-state index contributed by atoms with van der Waals surface area (Å²) in [7, 11) is 0. The quantitative estimate of drug-likeness (QED) is 0.625. The number of rotatable bonds is 4. The van der Waals surface area contributed by atoms with Crippen molar-refractivity contribution in [1.82, 2.24) is 5.32 Å². The Hall–Kier alpha value is -0.120. The maximum atomic E-state index is 14.6. The van der Waals surface area contributed by atoms with Crippen molar-refractivity contribution in [3.63, 3.8) is 0 Å². The summed E-state index contributed by atoms with van der Waals surface area (Å²) in [5, 5.41) is 3.68. The van der Waals surface area contributed by atoms with E-state index in [4.69, 9.17) is 11.6 Å². The summed E-state index contributed by atoms with van der Waals surface area (Å²) < 4.78 is 15.3. The van der Waals surface area contributed by atoms with E-state index >= 15 is 0 Å². The highest BCUT2D eigenvalue weighted by Crippen LogP contribution is 2.47. The average molecular weight is 377 g/mol. The number of hydrogen-bond acceptors (Lipinski definition) is 1. The lowest BCUT2D eigenvalue weighted by Gasteiger charge is -2.44. The fourth-order valence-corrected chi connectivity index (χ4v) is 4.09. The standard InChI is InChI=1S/C17H24BrClFN/c1-4-21-16(12-7-5-6-10-17(12,2)3)11-8-9-13(18)14(19)15(11)20/h8-9,12,16,21H,4-7,10H2,1-3H3. The first-order valence-corrected chi connectivity index (χ1v) is 8.92. The first kappa shape index (κ1) is 17.2. The maximum Gasteiger partial charge on any atom is 0.147 e. The minimum atomic E-state index is -0.293. The molecule has 1 aliphatic carbocycles. The van der Waals surface area contributed by atoms with Gasteiger partial charge in [-0.3, -0.25) is 0 Å². The first-order chi connectivity index (χ1) is 9.88. The molecule has 2 unspecified atom stereocenters. The van der Waals surface area contributed by atoms with Crippen LogP contribution in [0.25, 0.3) is 0 Å². The molecule has 1 aliphatic rings. The van der Waals surface area contributed by atoms with Crippen LogP contribution in [-0.4, -0.2) is 6.54 Å². The van der Waals surface area contributed by atoms with E-state index in [-0.39, 0.29) is 22.3 Å². The summed E-state index contributed by atoms with van der Waals surface area (Å²) in [5.74, 6) is 0.135. The third-order valence-corrected chi connectivity index (χ3v) is 6.08. The highest BCUT2D eigenvalue weighted by atomic mass is 79.9. The average Bonchev–Trinajstić information content (AvgIpc) is 2.43. The Morgan fingerprint density at radius 1 is 1.43 bits per heavy atom. The molecule has 1 fully saturated rings. The van der Waals surface area contributed by atoms with Gasteiger partial charge in [0.05, 0.1) is 5.02 Å². The van der Waals surface area contributed by atoms with Crippen LogP contribution >= 0.6 is 27.5 Å². The minimum absolute atomic E-state index is 0.0240. The summed E-state index contributed by atoms with van der Waals surface area (Å²) in [6.07, 6.45) is 4.83. The second-order valence-corrected chi connectivity index (χ2v) is 7.87. The Balaban J connectivity index is 2.41. The van der Waals surface area contributed by atoms with Crippen LogP contribution in [0.5, 0.6) is 0 Å². The molecule has 1 aromatic carbocycles. The van der Waals surface area contributed by atoms with Crippen LogP contribution in [0, 0.1) is 17.2 Å². The summed E-state index contributed by atoms with van der Waals surface area (Å²) in [4.78, 5) is 0. The zero-order valence-corrected chi connectivity index (χ0v) is 15.3. The first-order valence-electron chi connectivity index (χ1n) is 7.75. The molecule has 0 spiro atoms. The molecule has 1 N–H and O–H groups in total. The van der Waals surface area contributed by atoms with Crippen molar-refractivity contribution in [2.24, 2.45) is 11.3 Å². The van der Waals surface area contributed by atoms with Crippen LogP contribution in [0.4, 0.5) is 4.39 Å². The van der Waals surface area contributed by atoms with Gasteiger partial charge in [-0.15, -0.1) is 0 Å². The van der Waals surface area contributed by atoms with Crippen LogP contribution < -0.4 is 5.32 Å². The van der Waals surface area contributed by atoms with Crippen molar-refractivity contribution in [3.05, 3.63) is 33.0 Å². The molecular weight excluding hydrogens is 353 g/mol. The Kier molecular flexibility index (Phi) is 5.72. The van der Waals surface area contributed by atoms with Gasteiger partial charge in [-0.1, -0.05) is 51.3 Å². The number of halogens is 3. The molecule has 0 bridgehead atoms. The van der Waals surface area contributed by atoms with Crippen LogP contribution in [0.15, 0.2) is 16.6 Å². The van der Waals surface area contributed by atoms with E-state index in [1.54, 1.807) is 0 Å². The lowest BCUT2D eigenvalue weighted by molar-refractivity contribution is 0.0974. The van der Waals surface area contributed by atoms with Crippen molar-refractivity contribution in [2.75, 3.05) is 6.54 Å². The summed E-state index contributed by atoms with van der Waals surface area (Å²) >= 11 is 9.38. The Morgan fingerprint density at radius 3 is 2.76 bits per heavy atom. The van der Waals surface area contributed by atoms with E-state index in [1.807, 2.05) is 12.1 Å². The van der Waals surface area contributed by atoms with Gasteiger partial charge in [-0.2, -0.15) is 0 Å². The van der Waals surface area contributed by atoms with Gasteiger partial charge >= 0.3 is 0 Å². The Morgan fingerprint density at radius 2 is 2.14 bits per heavy atom. The lowest BCUT2D eigenvalue weighted by Crippen LogP contribution is -2.39. The number of benzene rings is 1. The normalized spacial score (nSPS) is 23.0. The maximum absolute atomic E-state index is 14.6. The van der Waals surface area contributed by atoms with E-state index in [1.165, 1.54) is 19.3 Å². The Labute approximate surface area is 140 Å². The number of nitrogens with one attached hydrogen (secondary N) is 1. The molecule has 2 rings (SSSR count). The third kappa shape index (κ3) is 3.62. The van der Waals surface area contributed by atoms with Crippen molar-refractivity contribution in [3.8, 4) is 0 Å². The largest absolute Gasteiger partial charge is 0.310 e. The summed E-state index contributed by atoms with van der Waals surface area (Å²) in [5.41, 5.74) is 0.918. The van der Waals surface area contributed by atoms with Crippen LogP contribution in [0.1, 0.15) is 58.1 Å². The van der Waals surface area contributed by atoms with Gasteiger partial charge in [-0.25, -0.2) is 4.39 Å². The zero-order chi connectivity index (χ0) is 15.6. The monoisotopic (exact) mass is 375 g/mol. The Bertz CT molecular complexity index is 504. The van der Waals surface area contributed by atoms with Gasteiger partial charge < -0.3 is 5.32 Å². The predicted molar refractivity (Wildman–Crippen MR) is 91.3 cm³/mol. The molecule has 1 saturated carbocycles. The molecular formula is C17H24BrClFN. The molecule has 0 radical (unpaired) electrons. The van der Waals surface area contributed by atoms with E-state index in [0.29, 0.717) is 16.0 Å². The van der Waals surface area contributed by atoms with E-state index < -0.39 is 0 Å². The predicted octanol–water partition coefficient (Wildman–Crippen LogP) is 6.11. The number of hydrogen-bond donors (Lipinski definition) is 1. The zero-order valence-electron chi connectivity index (χ0n) is 13.0. The van der Waals surface area contributed by atoms with Gasteiger partial charge in [0.2, 0.25) is 0 Å². The lowest BCUT2D eigenvalue weighted by atomic mass is 9.64. The van der Waals surface area contributed by atoms with E-state index in [2.05, 4.69) is 42.0 Å². The summed E-state index contributed by atoms with van der Waals surface area (Å²) in [6, 6.07) is 3.74. The SMILES string of the molecule is CCNC(c1ccc(Br)c(Cl)c1F)C1CCCCC1(C)C. The molecule has 0 amide bonds. The molecule has 118 valence electrons. The van der Waals surface area contributed by atoms with Crippen molar-refractivity contribution in [1.29, 1.82) is 0 Å². The molecule has 0 aliphatic heterocycles. The molecule has 0 heterocycles. The molecule has 21 heavy (non-hydrogen) atoms. The van der Waals surface area contributed by atoms with Crippen molar-refractivity contribution < 1.29 is 4.39 Å². The topological polar surface area (TPSA) is 12.0 Å². The minimum Gasteiger partial charge on any atom is -0.310 e. The molecule has 1 nitrogen and oxygen atoms in total. The molecule has 0 aromatic heterocycles. The van der Waals surface area contributed by atoms with Gasteiger partial charge in [0.1, 0.15) is 5.82 Å². The van der Waals surface area contributed by atoms with Crippen LogP contribution in [0.2, 0.25) is 5.02 Å². The molecule has 0 saturated heterocycles. The van der Waals surface area contributed by atoms with Gasteiger partial charge in [0, 0.05) is 16.1 Å². The van der Waals surface area contributed by atoms with Crippen LogP contribution in [0.3, 0.4) is 0 Å². The van der Waals surface area contributed by atoms with Gasteiger partial charge in [-0.05, 0) is 52.7 Å². The van der Waals surface area contributed by atoms with Gasteiger partial charge in [0.25, 0.3) is 0 Å². The van der Waals surface area contributed by atoms with Crippen molar-refractivity contribution >= 4 is 27.5 Å². The molecule has 1 aromatic rings. The van der Waals surface area contributed by atoms with Gasteiger partial charge in [0.15, 0.2) is 0 Å².